The molecule has 1 fully saturated rings. The van der Waals surface area contributed by atoms with Crippen LogP contribution >= 0.6 is 11.3 Å². The number of hydrogen-bond acceptors (Lipinski definition) is 5. The van der Waals surface area contributed by atoms with Gasteiger partial charge in [0.1, 0.15) is 12.4 Å². The molecule has 7 heteroatoms. The summed E-state index contributed by atoms with van der Waals surface area (Å²) < 4.78 is 20.2. The summed E-state index contributed by atoms with van der Waals surface area (Å²) in [5, 5.41) is 1.86. The number of thiazole rings is 1. The van der Waals surface area contributed by atoms with Crippen molar-refractivity contribution in [2.75, 3.05) is 0 Å². The molecule has 0 bridgehead atoms. The van der Waals surface area contributed by atoms with Gasteiger partial charge in [0.05, 0.1) is 11.1 Å². The molecule has 1 aliphatic rings. The van der Waals surface area contributed by atoms with E-state index in [1.54, 1.807) is 12.1 Å². The SMILES string of the molecule is Cc1csc2nc(COC(=O)C3(c4ccc(F)cc4)CCC3)cc(=O)n12. The molecule has 0 atom stereocenters. The summed E-state index contributed by atoms with van der Waals surface area (Å²) in [5.74, 6) is -0.680. The van der Waals surface area contributed by atoms with Gasteiger partial charge in [-0.15, -0.1) is 11.3 Å². The molecular formula is C19H17FN2O3S. The molecule has 0 amide bonds. The number of ether oxygens (including phenoxy) is 1. The largest absolute Gasteiger partial charge is 0.458 e. The Kier molecular flexibility index (Phi) is 4.11. The second-order valence-electron chi connectivity index (χ2n) is 6.60. The third-order valence-electron chi connectivity index (χ3n) is 4.97. The van der Waals surface area contributed by atoms with Gasteiger partial charge in [0.2, 0.25) is 0 Å². The third-order valence-corrected chi connectivity index (χ3v) is 5.92. The summed E-state index contributed by atoms with van der Waals surface area (Å²) in [5.41, 5.74) is 1.13. The molecule has 2 heterocycles. The Morgan fingerprint density at radius 2 is 2.08 bits per heavy atom. The molecule has 3 aromatic rings. The van der Waals surface area contributed by atoms with E-state index in [2.05, 4.69) is 4.98 Å². The lowest BCUT2D eigenvalue weighted by Crippen LogP contribution is -2.43. The average Bonchev–Trinajstić information content (AvgIpc) is 2.95. The molecule has 0 saturated heterocycles. The number of esters is 1. The first-order valence-electron chi connectivity index (χ1n) is 8.40. The van der Waals surface area contributed by atoms with E-state index in [-0.39, 0.29) is 24.0 Å². The van der Waals surface area contributed by atoms with Gasteiger partial charge in [-0.05, 0) is 37.5 Å². The smallest absolute Gasteiger partial charge is 0.316 e. The van der Waals surface area contributed by atoms with Gasteiger partial charge in [-0.1, -0.05) is 18.6 Å². The van der Waals surface area contributed by atoms with E-state index >= 15 is 0 Å². The van der Waals surface area contributed by atoms with Crippen LogP contribution in [0.4, 0.5) is 4.39 Å². The highest BCUT2D eigenvalue weighted by Crippen LogP contribution is 2.44. The van der Waals surface area contributed by atoms with Crippen molar-refractivity contribution in [3.05, 3.63) is 68.8 Å². The number of benzene rings is 1. The van der Waals surface area contributed by atoms with E-state index < -0.39 is 5.41 Å². The van der Waals surface area contributed by atoms with E-state index in [4.69, 9.17) is 4.74 Å². The highest BCUT2D eigenvalue weighted by Gasteiger charge is 2.47. The molecule has 0 radical (unpaired) electrons. The van der Waals surface area contributed by atoms with Crippen molar-refractivity contribution < 1.29 is 13.9 Å². The second-order valence-corrected chi connectivity index (χ2v) is 7.44. The van der Waals surface area contributed by atoms with E-state index in [1.165, 1.54) is 33.9 Å². The molecule has 1 aromatic carbocycles. The summed E-state index contributed by atoms with van der Waals surface area (Å²) in [4.78, 5) is 29.9. The fraction of sp³-hybridized carbons (Fsp3) is 0.316. The number of fused-ring (bicyclic) bond motifs is 1. The van der Waals surface area contributed by atoms with Crippen LogP contribution in [0.1, 0.15) is 36.2 Å². The van der Waals surface area contributed by atoms with Gasteiger partial charge in [0.25, 0.3) is 5.56 Å². The number of carbonyl (C=O) groups excluding carboxylic acids is 1. The fourth-order valence-electron chi connectivity index (χ4n) is 3.36. The van der Waals surface area contributed by atoms with Gasteiger partial charge in [-0.2, -0.15) is 0 Å². The number of carbonyl (C=O) groups is 1. The normalized spacial score (nSPS) is 15.6. The number of aromatic nitrogens is 2. The minimum atomic E-state index is -0.716. The predicted octanol–water partition coefficient (Wildman–Crippen LogP) is 3.37. The van der Waals surface area contributed by atoms with Crippen molar-refractivity contribution in [1.82, 2.24) is 9.38 Å². The summed E-state index contributed by atoms with van der Waals surface area (Å²) in [6.45, 7) is 1.79. The highest BCUT2D eigenvalue weighted by molar-refractivity contribution is 7.15. The Morgan fingerprint density at radius 1 is 1.35 bits per heavy atom. The molecule has 0 spiro atoms. The van der Waals surface area contributed by atoms with Crippen molar-refractivity contribution in [3.8, 4) is 0 Å². The molecule has 0 aliphatic heterocycles. The topological polar surface area (TPSA) is 60.7 Å². The van der Waals surface area contributed by atoms with Crippen LogP contribution in [0.2, 0.25) is 0 Å². The van der Waals surface area contributed by atoms with Gasteiger partial charge in [0, 0.05) is 17.1 Å². The summed E-state index contributed by atoms with van der Waals surface area (Å²) >= 11 is 1.37. The lowest BCUT2D eigenvalue weighted by molar-refractivity contribution is -0.156. The first-order valence-corrected chi connectivity index (χ1v) is 9.28. The second kappa shape index (κ2) is 6.32. The number of hydrogen-bond donors (Lipinski definition) is 0. The Balaban J connectivity index is 1.54. The zero-order chi connectivity index (χ0) is 18.3. The molecular weight excluding hydrogens is 355 g/mol. The predicted molar refractivity (Wildman–Crippen MR) is 95.8 cm³/mol. The first-order chi connectivity index (χ1) is 12.5. The van der Waals surface area contributed by atoms with Crippen molar-refractivity contribution in [2.45, 2.75) is 38.2 Å². The Labute approximate surface area is 153 Å². The zero-order valence-corrected chi connectivity index (χ0v) is 15.0. The molecule has 4 rings (SSSR count). The fourth-order valence-corrected chi connectivity index (χ4v) is 4.25. The van der Waals surface area contributed by atoms with Crippen LogP contribution in [-0.2, 0) is 21.6 Å². The van der Waals surface area contributed by atoms with Gasteiger partial charge in [0.15, 0.2) is 4.96 Å². The van der Waals surface area contributed by atoms with Crippen LogP contribution < -0.4 is 5.56 Å². The maximum Gasteiger partial charge on any atom is 0.316 e. The molecule has 2 aromatic heterocycles. The highest BCUT2D eigenvalue weighted by atomic mass is 32.1. The standard InChI is InChI=1S/C19H17FN2O3S/c1-12-11-26-18-21-15(9-16(23)22(12)18)10-25-17(24)19(7-2-8-19)13-3-5-14(20)6-4-13/h3-6,9,11H,2,7-8,10H2,1H3. The van der Waals surface area contributed by atoms with Gasteiger partial charge in [-0.25, -0.2) is 9.37 Å². The van der Waals surface area contributed by atoms with Crippen LogP contribution in [0.5, 0.6) is 0 Å². The van der Waals surface area contributed by atoms with Crippen LogP contribution in [0, 0.1) is 12.7 Å². The van der Waals surface area contributed by atoms with Crippen LogP contribution in [0.3, 0.4) is 0 Å². The molecule has 0 N–H and O–H groups in total. The number of halogens is 1. The number of aryl methyl sites for hydroxylation is 1. The Morgan fingerprint density at radius 3 is 2.73 bits per heavy atom. The average molecular weight is 372 g/mol. The van der Waals surface area contributed by atoms with E-state index in [9.17, 15) is 14.0 Å². The van der Waals surface area contributed by atoms with E-state index in [1.807, 2.05) is 12.3 Å². The first kappa shape index (κ1) is 16.9. The van der Waals surface area contributed by atoms with E-state index in [0.29, 0.717) is 23.5 Å². The molecule has 0 unspecified atom stereocenters. The molecule has 5 nitrogen and oxygen atoms in total. The van der Waals surface area contributed by atoms with Crippen molar-refractivity contribution in [3.63, 3.8) is 0 Å². The summed E-state index contributed by atoms with van der Waals surface area (Å²) in [6.07, 6.45) is 2.28. The zero-order valence-electron chi connectivity index (χ0n) is 14.2. The lowest BCUT2D eigenvalue weighted by Gasteiger charge is -2.39. The molecule has 134 valence electrons. The summed E-state index contributed by atoms with van der Waals surface area (Å²) in [7, 11) is 0. The summed E-state index contributed by atoms with van der Waals surface area (Å²) in [6, 6.07) is 7.39. The van der Waals surface area contributed by atoms with Gasteiger partial charge >= 0.3 is 5.97 Å². The molecule has 1 saturated carbocycles. The Hall–Kier alpha value is -2.54. The number of rotatable bonds is 4. The van der Waals surface area contributed by atoms with Crippen LogP contribution in [0.25, 0.3) is 4.96 Å². The minimum Gasteiger partial charge on any atom is -0.458 e. The van der Waals surface area contributed by atoms with Gasteiger partial charge in [-0.3, -0.25) is 14.0 Å². The molecule has 26 heavy (non-hydrogen) atoms. The quantitative estimate of drug-likeness (QED) is 0.659. The van der Waals surface area contributed by atoms with Gasteiger partial charge < -0.3 is 4.74 Å². The van der Waals surface area contributed by atoms with Crippen molar-refractivity contribution in [1.29, 1.82) is 0 Å². The molecule has 1 aliphatic carbocycles. The monoisotopic (exact) mass is 372 g/mol. The van der Waals surface area contributed by atoms with E-state index in [0.717, 1.165) is 17.7 Å². The lowest BCUT2D eigenvalue weighted by atomic mass is 9.64. The number of nitrogens with zero attached hydrogens (tertiary/aromatic N) is 2. The third kappa shape index (κ3) is 2.72. The van der Waals surface area contributed by atoms with Crippen molar-refractivity contribution >= 4 is 22.3 Å². The van der Waals surface area contributed by atoms with Crippen molar-refractivity contribution in [2.24, 2.45) is 0 Å². The van der Waals surface area contributed by atoms with Crippen LogP contribution in [-0.4, -0.2) is 15.4 Å². The Bertz CT molecular complexity index is 1040. The minimum absolute atomic E-state index is 0.0511. The van der Waals surface area contributed by atoms with Crippen LogP contribution in [0.15, 0.2) is 40.5 Å². The maximum absolute atomic E-state index is 13.2. The maximum atomic E-state index is 13.2.